The average Bonchev–Trinajstić information content (AvgIpc) is 2.33. The van der Waals surface area contributed by atoms with Crippen LogP contribution in [0.15, 0.2) is 23.1 Å². The number of hydrogen-bond acceptors (Lipinski definition) is 4. The first-order valence-electron chi connectivity index (χ1n) is 5.66. The van der Waals surface area contributed by atoms with Gasteiger partial charge in [0, 0.05) is 13.0 Å². The van der Waals surface area contributed by atoms with Gasteiger partial charge in [0.05, 0.1) is 5.56 Å². The number of phenols is 1. The van der Waals surface area contributed by atoms with Gasteiger partial charge in [-0.1, -0.05) is 0 Å². The van der Waals surface area contributed by atoms with Gasteiger partial charge in [0.1, 0.15) is 10.6 Å². The number of aliphatic carboxylic acids is 1. The first-order valence-corrected chi connectivity index (χ1v) is 7.14. The van der Waals surface area contributed by atoms with E-state index in [-0.39, 0.29) is 19.4 Å². The number of benzene rings is 1. The zero-order valence-corrected chi connectivity index (χ0v) is 11.3. The highest BCUT2D eigenvalue weighted by molar-refractivity contribution is 7.89. The molecule has 0 spiro atoms. The molecular weight excluding hydrogens is 315 g/mol. The molecule has 0 aliphatic carbocycles. The van der Waals surface area contributed by atoms with E-state index in [0.29, 0.717) is 18.2 Å². The van der Waals surface area contributed by atoms with Crippen LogP contribution in [0.3, 0.4) is 0 Å². The van der Waals surface area contributed by atoms with Gasteiger partial charge in [-0.3, -0.25) is 4.79 Å². The van der Waals surface area contributed by atoms with Crippen LogP contribution in [0.1, 0.15) is 18.4 Å². The Morgan fingerprint density at radius 2 is 1.90 bits per heavy atom. The fraction of sp³-hybridized carbons (Fsp3) is 0.364. The molecule has 0 amide bonds. The second kappa shape index (κ2) is 6.31. The number of sulfonamides is 1. The number of carboxylic acids is 1. The van der Waals surface area contributed by atoms with Gasteiger partial charge < -0.3 is 10.2 Å². The lowest BCUT2D eigenvalue weighted by Crippen LogP contribution is -2.25. The number of hydrogen-bond donors (Lipinski definition) is 3. The van der Waals surface area contributed by atoms with Crippen molar-refractivity contribution in [1.29, 1.82) is 0 Å². The molecule has 0 unspecified atom stereocenters. The normalized spacial score (nSPS) is 12.3. The average molecular weight is 327 g/mol. The van der Waals surface area contributed by atoms with Crippen LogP contribution < -0.4 is 4.72 Å². The third-order valence-electron chi connectivity index (χ3n) is 2.44. The Hall–Kier alpha value is -1.81. The minimum Gasteiger partial charge on any atom is -0.507 e. The first-order chi connectivity index (χ1) is 9.54. The molecular formula is C11H12F3NO5S. The molecule has 0 atom stereocenters. The highest BCUT2D eigenvalue weighted by Gasteiger charge is 2.32. The maximum Gasteiger partial charge on any atom is 0.416 e. The molecule has 118 valence electrons. The fourth-order valence-corrected chi connectivity index (χ4v) is 2.62. The standard InChI is InChI=1S/C11H12F3NO5S/c12-11(13,14)7-3-4-8(16)9(6-7)21(19,20)15-5-1-2-10(17)18/h3-4,6,15-16H,1-2,5H2,(H,17,18). The van der Waals surface area contributed by atoms with Crippen LogP contribution in [-0.4, -0.2) is 31.1 Å². The minimum absolute atomic E-state index is 0.0334. The summed E-state index contributed by atoms with van der Waals surface area (Å²) in [6.45, 7) is -0.273. The molecule has 21 heavy (non-hydrogen) atoms. The summed E-state index contributed by atoms with van der Waals surface area (Å²) in [6.07, 6.45) is -5.08. The molecule has 0 heterocycles. The predicted octanol–water partition coefficient (Wildman–Crippen LogP) is 1.55. The van der Waals surface area contributed by atoms with Gasteiger partial charge >= 0.3 is 12.1 Å². The lowest BCUT2D eigenvalue weighted by atomic mass is 10.2. The van der Waals surface area contributed by atoms with Gasteiger partial charge in [-0.25, -0.2) is 13.1 Å². The molecule has 0 fully saturated rings. The van der Waals surface area contributed by atoms with Crippen molar-refractivity contribution < 1.29 is 36.6 Å². The second-order valence-electron chi connectivity index (χ2n) is 4.08. The van der Waals surface area contributed by atoms with Gasteiger partial charge in [-0.05, 0) is 24.6 Å². The van der Waals surface area contributed by atoms with E-state index in [1.165, 1.54) is 0 Å². The van der Waals surface area contributed by atoms with E-state index in [1.807, 2.05) is 4.72 Å². The third-order valence-corrected chi connectivity index (χ3v) is 3.93. The Bertz CT molecular complexity index is 627. The molecule has 0 radical (unpaired) electrons. The summed E-state index contributed by atoms with van der Waals surface area (Å²) < 4.78 is 63.1. The SMILES string of the molecule is O=C(O)CCCNS(=O)(=O)c1cc(C(F)(F)F)ccc1O. The van der Waals surface area contributed by atoms with E-state index in [9.17, 15) is 31.5 Å². The van der Waals surface area contributed by atoms with Crippen molar-refractivity contribution in [3.05, 3.63) is 23.8 Å². The topological polar surface area (TPSA) is 104 Å². The van der Waals surface area contributed by atoms with Crippen molar-refractivity contribution in [2.24, 2.45) is 0 Å². The van der Waals surface area contributed by atoms with Gasteiger partial charge in [-0.15, -0.1) is 0 Å². The predicted molar refractivity (Wildman–Crippen MR) is 65.2 cm³/mol. The second-order valence-corrected chi connectivity index (χ2v) is 5.81. The van der Waals surface area contributed by atoms with E-state index in [4.69, 9.17) is 5.11 Å². The van der Waals surface area contributed by atoms with Crippen LogP contribution in [-0.2, 0) is 21.0 Å². The lowest BCUT2D eigenvalue weighted by molar-refractivity contribution is -0.138. The Kier molecular flexibility index (Phi) is 5.18. The largest absolute Gasteiger partial charge is 0.507 e. The number of phenolic OH excluding ortho intramolecular Hbond substituents is 1. The molecule has 0 aromatic heterocycles. The van der Waals surface area contributed by atoms with Crippen LogP contribution in [0.25, 0.3) is 0 Å². The Balaban J connectivity index is 2.95. The third kappa shape index (κ3) is 4.90. The number of carbonyl (C=O) groups is 1. The minimum atomic E-state index is -4.75. The Morgan fingerprint density at radius 1 is 1.29 bits per heavy atom. The van der Waals surface area contributed by atoms with E-state index in [0.717, 1.165) is 0 Å². The summed E-state index contributed by atoms with van der Waals surface area (Å²) in [5, 5.41) is 17.8. The molecule has 3 N–H and O–H groups in total. The van der Waals surface area contributed by atoms with Crippen LogP contribution in [0.5, 0.6) is 5.75 Å². The van der Waals surface area contributed by atoms with E-state index >= 15 is 0 Å². The summed E-state index contributed by atoms with van der Waals surface area (Å²) in [6, 6.07) is 1.50. The number of alkyl halides is 3. The van der Waals surface area contributed by atoms with Crippen molar-refractivity contribution in [3.63, 3.8) is 0 Å². The van der Waals surface area contributed by atoms with Gasteiger partial charge in [0.2, 0.25) is 10.0 Å². The number of nitrogens with one attached hydrogen (secondary N) is 1. The summed E-state index contributed by atoms with van der Waals surface area (Å²) >= 11 is 0. The Morgan fingerprint density at radius 3 is 2.43 bits per heavy atom. The summed E-state index contributed by atoms with van der Waals surface area (Å²) in [4.78, 5) is 9.35. The summed E-state index contributed by atoms with van der Waals surface area (Å²) in [5.41, 5.74) is -1.22. The zero-order valence-electron chi connectivity index (χ0n) is 10.5. The van der Waals surface area contributed by atoms with E-state index < -0.39 is 38.4 Å². The Labute approximate surface area is 118 Å². The van der Waals surface area contributed by atoms with Gasteiger partial charge in [-0.2, -0.15) is 13.2 Å². The van der Waals surface area contributed by atoms with Gasteiger partial charge in [0.15, 0.2) is 0 Å². The van der Waals surface area contributed by atoms with Crippen molar-refractivity contribution in [3.8, 4) is 5.75 Å². The van der Waals surface area contributed by atoms with Crippen molar-refractivity contribution in [2.75, 3.05) is 6.54 Å². The molecule has 0 saturated heterocycles. The smallest absolute Gasteiger partial charge is 0.416 e. The summed E-state index contributed by atoms with van der Waals surface area (Å²) in [7, 11) is -4.36. The molecule has 6 nitrogen and oxygen atoms in total. The maximum atomic E-state index is 12.5. The molecule has 1 aromatic rings. The van der Waals surface area contributed by atoms with Crippen LogP contribution in [0.4, 0.5) is 13.2 Å². The molecule has 0 aliphatic rings. The van der Waals surface area contributed by atoms with Gasteiger partial charge in [0.25, 0.3) is 0 Å². The van der Waals surface area contributed by atoms with Crippen molar-refractivity contribution >= 4 is 16.0 Å². The highest BCUT2D eigenvalue weighted by Crippen LogP contribution is 2.33. The zero-order chi connectivity index (χ0) is 16.3. The molecule has 0 bridgehead atoms. The first kappa shape index (κ1) is 17.2. The van der Waals surface area contributed by atoms with Crippen molar-refractivity contribution in [2.45, 2.75) is 23.9 Å². The molecule has 10 heteroatoms. The highest BCUT2D eigenvalue weighted by atomic mass is 32.2. The van der Waals surface area contributed by atoms with Crippen LogP contribution in [0, 0.1) is 0 Å². The molecule has 1 rings (SSSR count). The fourth-order valence-electron chi connectivity index (χ4n) is 1.43. The molecule has 0 saturated carbocycles. The molecule has 1 aromatic carbocycles. The van der Waals surface area contributed by atoms with Crippen LogP contribution >= 0.6 is 0 Å². The number of halogens is 3. The van der Waals surface area contributed by atoms with E-state index in [1.54, 1.807) is 0 Å². The lowest BCUT2D eigenvalue weighted by Gasteiger charge is -2.11. The number of aromatic hydroxyl groups is 1. The van der Waals surface area contributed by atoms with Crippen molar-refractivity contribution in [1.82, 2.24) is 4.72 Å². The number of carboxylic acid groups (broad SMARTS) is 1. The summed E-state index contributed by atoms with van der Waals surface area (Å²) in [5.74, 6) is -1.95. The molecule has 0 aliphatic heterocycles. The number of rotatable bonds is 6. The van der Waals surface area contributed by atoms with E-state index in [2.05, 4.69) is 0 Å². The monoisotopic (exact) mass is 327 g/mol. The quantitative estimate of drug-likeness (QED) is 0.688. The maximum absolute atomic E-state index is 12.5. The van der Waals surface area contributed by atoms with Crippen LogP contribution in [0.2, 0.25) is 0 Å².